The molecule has 116 valence electrons. The molecule has 2 fully saturated rings. The van der Waals surface area contributed by atoms with Crippen LogP contribution in [0, 0.1) is 0 Å². The third kappa shape index (κ3) is 4.35. The summed E-state index contributed by atoms with van der Waals surface area (Å²) in [4.78, 5) is 4.77. The van der Waals surface area contributed by atoms with E-state index in [-0.39, 0.29) is 0 Å². The summed E-state index contributed by atoms with van der Waals surface area (Å²) in [6.45, 7) is 4.11. The number of likely N-dealkylation sites (tertiary alicyclic amines) is 1. The molecule has 0 bridgehead atoms. The molecule has 4 heteroatoms. The van der Waals surface area contributed by atoms with Crippen molar-refractivity contribution in [3.8, 4) is 5.75 Å². The summed E-state index contributed by atoms with van der Waals surface area (Å²) in [5, 5.41) is 3.66. The smallest absolute Gasteiger partial charge is 0.121 e. The summed E-state index contributed by atoms with van der Waals surface area (Å²) in [6.07, 6.45) is 4.06. The number of nitrogens with zero attached hydrogens (tertiary/aromatic N) is 2. The van der Waals surface area contributed by atoms with Crippen LogP contribution in [0.4, 0.5) is 5.69 Å². The molecule has 1 saturated carbocycles. The fourth-order valence-corrected chi connectivity index (χ4v) is 2.93. The summed E-state index contributed by atoms with van der Waals surface area (Å²) in [6, 6.07) is 9.83. The SMILES string of the molecule is CN(C)CCOc1cccc(NC2CCN(C3CC3)C2)c1. The monoisotopic (exact) mass is 289 g/mol. The number of benzene rings is 1. The van der Waals surface area contributed by atoms with Crippen molar-refractivity contribution in [3.63, 3.8) is 0 Å². The van der Waals surface area contributed by atoms with E-state index < -0.39 is 0 Å². The molecular formula is C17H27N3O. The van der Waals surface area contributed by atoms with Gasteiger partial charge in [-0.15, -0.1) is 0 Å². The van der Waals surface area contributed by atoms with Gasteiger partial charge in [0.15, 0.2) is 0 Å². The third-order valence-electron chi connectivity index (χ3n) is 4.29. The summed E-state index contributed by atoms with van der Waals surface area (Å²) in [5.74, 6) is 0.957. The molecule has 3 rings (SSSR count). The van der Waals surface area contributed by atoms with E-state index in [0.29, 0.717) is 6.04 Å². The molecule has 0 amide bonds. The molecule has 1 aromatic rings. The van der Waals surface area contributed by atoms with E-state index >= 15 is 0 Å². The zero-order valence-corrected chi connectivity index (χ0v) is 13.2. The molecule has 0 radical (unpaired) electrons. The average Bonchev–Trinajstić information content (AvgIpc) is 3.20. The van der Waals surface area contributed by atoms with Crippen molar-refractivity contribution >= 4 is 5.69 Å². The van der Waals surface area contributed by atoms with Crippen molar-refractivity contribution in [1.82, 2.24) is 9.80 Å². The van der Waals surface area contributed by atoms with Crippen LogP contribution in [-0.2, 0) is 0 Å². The Morgan fingerprint density at radius 2 is 2.14 bits per heavy atom. The van der Waals surface area contributed by atoms with Crippen molar-refractivity contribution in [2.75, 3.05) is 45.7 Å². The molecule has 1 atom stereocenters. The minimum absolute atomic E-state index is 0.586. The van der Waals surface area contributed by atoms with E-state index in [1.807, 2.05) is 6.07 Å². The van der Waals surface area contributed by atoms with Gasteiger partial charge in [0.2, 0.25) is 0 Å². The van der Waals surface area contributed by atoms with Gasteiger partial charge in [0.05, 0.1) is 0 Å². The van der Waals surface area contributed by atoms with Crippen LogP contribution in [0.25, 0.3) is 0 Å². The van der Waals surface area contributed by atoms with Crippen LogP contribution in [0.1, 0.15) is 19.3 Å². The van der Waals surface area contributed by atoms with E-state index in [2.05, 4.69) is 47.4 Å². The highest BCUT2D eigenvalue weighted by Crippen LogP contribution is 2.30. The molecule has 1 aliphatic heterocycles. The van der Waals surface area contributed by atoms with Crippen molar-refractivity contribution in [3.05, 3.63) is 24.3 Å². The molecule has 1 heterocycles. The maximum absolute atomic E-state index is 5.80. The second kappa shape index (κ2) is 6.67. The predicted octanol–water partition coefficient (Wildman–Crippen LogP) is 2.28. The minimum Gasteiger partial charge on any atom is -0.492 e. The Kier molecular flexibility index (Phi) is 4.66. The minimum atomic E-state index is 0.586. The van der Waals surface area contributed by atoms with Crippen LogP contribution >= 0.6 is 0 Å². The second-order valence-electron chi connectivity index (χ2n) is 6.54. The van der Waals surface area contributed by atoms with E-state index in [4.69, 9.17) is 4.74 Å². The maximum atomic E-state index is 5.80. The lowest BCUT2D eigenvalue weighted by atomic mass is 10.2. The summed E-state index contributed by atoms with van der Waals surface area (Å²) < 4.78 is 5.80. The number of nitrogens with one attached hydrogen (secondary N) is 1. The van der Waals surface area contributed by atoms with Crippen molar-refractivity contribution in [2.45, 2.75) is 31.3 Å². The van der Waals surface area contributed by atoms with Crippen LogP contribution in [0.3, 0.4) is 0 Å². The third-order valence-corrected chi connectivity index (χ3v) is 4.29. The first-order valence-corrected chi connectivity index (χ1v) is 8.09. The Labute approximate surface area is 128 Å². The van der Waals surface area contributed by atoms with Crippen LogP contribution in [0.15, 0.2) is 24.3 Å². The normalized spacial score (nSPS) is 22.7. The Bertz CT molecular complexity index is 459. The van der Waals surface area contributed by atoms with Crippen molar-refractivity contribution in [2.24, 2.45) is 0 Å². The van der Waals surface area contributed by atoms with E-state index in [0.717, 1.165) is 24.9 Å². The van der Waals surface area contributed by atoms with Gasteiger partial charge >= 0.3 is 0 Å². The standard InChI is InChI=1S/C17H27N3O/c1-19(2)10-11-21-17-5-3-4-14(12-17)18-15-8-9-20(13-15)16-6-7-16/h3-5,12,15-16,18H,6-11,13H2,1-2H3. The highest BCUT2D eigenvalue weighted by atomic mass is 16.5. The molecular weight excluding hydrogens is 262 g/mol. The van der Waals surface area contributed by atoms with Gasteiger partial charge in [0, 0.05) is 43.5 Å². The Morgan fingerprint density at radius 3 is 2.90 bits per heavy atom. The molecule has 4 nitrogen and oxygen atoms in total. The number of rotatable bonds is 7. The first-order chi connectivity index (χ1) is 10.2. The topological polar surface area (TPSA) is 27.7 Å². The van der Waals surface area contributed by atoms with Gasteiger partial charge in [-0.05, 0) is 45.5 Å². The molecule has 1 saturated heterocycles. The van der Waals surface area contributed by atoms with Crippen molar-refractivity contribution < 1.29 is 4.74 Å². The molecule has 21 heavy (non-hydrogen) atoms. The maximum Gasteiger partial charge on any atom is 0.121 e. The Hall–Kier alpha value is -1.26. The van der Waals surface area contributed by atoms with Crippen LogP contribution in [-0.4, -0.2) is 62.2 Å². The molecule has 0 spiro atoms. The number of hydrogen-bond acceptors (Lipinski definition) is 4. The molecule has 1 N–H and O–H groups in total. The highest BCUT2D eigenvalue weighted by Gasteiger charge is 2.34. The van der Waals surface area contributed by atoms with Crippen LogP contribution in [0.2, 0.25) is 0 Å². The zero-order chi connectivity index (χ0) is 14.7. The van der Waals surface area contributed by atoms with Gasteiger partial charge < -0.3 is 15.0 Å². The van der Waals surface area contributed by atoms with Gasteiger partial charge in [-0.1, -0.05) is 6.07 Å². The summed E-state index contributed by atoms with van der Waals surface area (Å²) >= 11 is 0. The van der Waals surface area contributed by atoms with Gasteiger partial charge in [-0.3, -0.25) is 4.90 Å². The van der Waals surface area contributed by atoms with E-state index in [1.54, 1.807) is 0 Å². The highest BCUT2D eigenvalue weighted by molar-refractivity contribution is 5.49. The van der Waals surface area contributed by atoms with E-state index in [9.17, 15) is 0 Å². The lowest BCUT2D eigenvalue weighted by Crippen LogP contribution is -2.27. The number of hydrogen-bond donors (Lipinski definition) is 1. The largest absolute Gasteiger partial charge is 0.492 e. The molecule has 2 aliphatic rings. The average molecular weight is 289 g/mol. The molecule has 0 aromatic heterocycles. The van der Waals surface area contributed by atoms with Gasteiger partial charge in [0.25, 0.3) is 0 Å². The zero-order valence-electron chi connectivity index (χ0n) is 13.2. The number of anilines is 1. The van der Waals surface area contributed by atoms with Gasteiger partial charge in [-0.25, -0.2) is 0 Å². The fraction of sp³-hybridized carbons (Fsp3) is 0.647. The van der Waals surface area contributed by atoms with Crippen molar-refractivity contribution in [1.29, 1.82) is 0 Å². The Balaban J connectivity index is 1.48. The predicted molar refractivity (Wildman–Crippen MR) is 87.1 cm³/mol. The molecule has 1 aliphatic carbocycles. The van der Waals surface area contributed by atoms with E-state index in [1.165, 1.54) is 38.0 Å². The first kappa shape index (κ1) is 14.7. The molecule has 1 aromatic carbocycles. The van der Waals surface area contributed by atoms with Crippen LogP contribution in [0.5, 0.6) is 5.75 Å². The lowest BCUT2D eigenvalue weighted by molar-refractivity contribution is 0.261. The second-order valence-corrected chi connectivity index (χ2v) is 6.54. The molecule has 1 unspecified atom stereocenters. The first-order valence-electron chi connectivity index (χ1n) is 8.09. The summed E-state index contributed by atoms with van der Waals surface area (Å²) in [7, 11) is 4.13. The van der Waals surface area contributed by atoms with Gasteiger partial charge in [0.1, 0.15) is 12.4 Å². The Morgan fingerprint density at radius 1 is 1.29 bits per heavy atom. The fourth-order valence-electron chi connectivity index (χ4n) is 2.93. The van der Waals surface area contributed by atoms with Gasteiger partial charge in [-0.2, -0.15) is 0 Å². The number of likely N-dealkylation sites (N-methyl/N-ethyl adjacent to an activating group) is 1. The van der Waals surface area contributed by atoms with Crippen LogP contribution < -0.4 is 10.1 Å². The summed E-state index contributed by atoms with van der Waals surface area (Å²) in [5.41, 5.74) is 1.18. The number of ether oxygens (including phenoxy) is 1. The quantitative estimate of drug-likeness (QED) is 0.833. The lowest BCUT2D eigenvalue weighted by Gasteiger charge is -2.17.